The van der Waals surface area contributed by atoms with E-state index in [1.165, 1.54) is 0 Å². The minimum absolute atomic E-state index is 0.0198. The molecule has 0 saturated carbocycles. The lowest BCUT2D eigenvalue weighted by Crippen LogP contribution is -2.45. The van der Waals surface area contributed by atoms with Gasteiger partial charge in [-0.25, -0.2) is 0 Å². The van der Waals surface area contributed by atoms with E-state index < -0.39 is 5.41 Å². The van der Waals surface area contributed by atoms with Crippen LogP contribution in [0.25, 0.3) is 0 Å². The molecule has 3 nitrogen and oxygen atoms in total. The largest absolute Gasteiger partial charge is 0.508 e. The van der Waals surface area contributed by atoms with Crippen LogP contribution in [0.1, 0.15) is 60.5 Å². The van der Waals surface area contributed by atoms with Crippen LogP contribution < -0.4 is 4.74 Å². The predicted octanol–water partition coefficient (Wildman–Crippen LogP) is 5.09. The van der Waals surface area contributed by atoms with E-state index in [0.29, 0.717) is 11.3 Å². The van der Waals surface area contributed by atoms with Gasteiger partial charge in [0.2, 0.25) is 0 Å². The van der Waals surface area contributed by atoms with Crippen LogP contribution in [0.5, 0.6) is 11.5 Å². The lowest BCUT2D eigenvalue weighted by Gasteiger charge is -2.43. The summed E-state index contributed by atoms with van der Waals surface area (Å²) in [7, 11) is 0. The van der Waals surface area contributed by atoms with Gasteiger partial charge in [0.05, 0.1) is 5.41 Å². The molecule has 0 bridgehead atoms. The molecule has 0 aliphatic carbocycles. The van der Waals surface area contributed by atoms with Crippen LogP contribution in [0, 0.1) is 23.2 Å². The standard InChI is InChI=1S/C19H30O3/c1-13-11-14(9-10-15(13)20)22-16(21)19(8,18(5,6)7)12-17(2,3)4/h9-11,20H,12H2,1-8H3. The summed E-state index contributed by atoms with van der Waals surface area (Å²) in [6.45, 7) is 16.4. The van der Waals surface area contributed by atoms with Gasteiger partial charge in [-0.2, -0.15) is 0 Å². The third kappa shape index (κ3) is 4.25. The predicted molar refractivity (Wildman–Crippen MR) is 90.1 cm³/mol. The van der Waals surface area contributed by atoms with Crippen LogP contribution in [0.2, 0.25) is 0 Å². The quantitative estimate of drug-likeness (QED) is 0.624. The molecule has 0 saturated heterocycles. The minimum atomic E-state index is -0.600. The number of rotatable bonds is 3. The summed E-state index contributed by atoms with van der Waals surface area (Å²) in [6.07, 6.45) is 0.736. The van der Waals surface area contributed by atoms with Crippen LogP contribution in [0.15, 0.2) is 18.2 Å². The summed E-state index contributed by atoms with van der Waals surface area (Å²) >= 11 is 0. The first-order valence-electron chi connectivity index (χ1n) is 7.78. The number of ether oxygens (including phenoxy) is 1. The maximum Gasteiger partial charge on any atom is 0.317 e. The Balaban J connectivity index is 3.10. The van der Waals surface area contributed by atoms with Crippen molar-refractivity contribution in [1.29, 1.82) is 0 Å². The molecule has 0 fully saturated rings. The molecule has 0 spiro atoms. The molecule has 1 N–H and O–H groups in total. The number of phenols is 1. The Morgan fingerprint density at radius 3 is 2.05 bits per heavy atom. The van der Waals surface area contributed by atoms with Crippen LogP contribution in [-0.4, -0.2) is 11.1 Å². The Morgan fingerprint density at radius 2 is 1.64 bits per heavy atom. The molecular weight excluding hydrogens is 276 g/mol. The van der Waals surface area contributed by atoms with Gasteiger partial charge in [0.15, 0.2) is 0 Å². The van der Waals surface area contributed by atoms with E-state index >= 15 is 0 Å². The molecule has 0 aliphatic heterocycles. The van der Waals surface area contributed by atoms with Crippen LogP contribution in [0.4, 0.5) is 0 Å². The Kier molecular flexibility index (Phi) is 5.01. The lowest BCUT2D eigenvalue weighted by atomic mass is 9.61. The molecule has 1 aromatic rings. The highest BCUT2D eigenvalue weighted by atomic mass is 16.5. The first-order chi connectivity index (χ1) is 9.76. The van der Waals surface area contributed by atoms with Crippen molar-refractivity contribution in [3.8, 4) is 11.5 Å². The van der Waals surface area contributed by atoms with Crippen LogP contribution >= 0.6 is 0 Å². The summed E-state index contributed by atoms with van der Waals surface area (Å²) in [5, 5.41) is 9.58. The second-order valence-electron chi connectivity index (χ2n) is 8.66. The van der Waals surface area contributed by atoms with Crippen molar-refractivity contribution in [2.75, 3.05) is 0 Å². The number of aromatic hydroxyl groups is 1. The molecular formula is C19H30O3. The van der Waals surface area contributed by atoms with Gasteiger partial charge in [-0.3, -0.25) is 4.79 Å². The van der Waals surface area contributed by atoms with E-state index in [0.717, 1.165) is 6.42 Å². The zero-order valence-electron chi connectivity index (χ0n) is 15.2. The second-order valence-corrected chi connectivity index (χ2v) is 8.66. The Labute approximate surface area is 134 Å². The van der Waals surface area contributed by atoms with Crippen molar-refractivity contribution in [2.24, 2.45) is 16.2 Å². The zero-order chi connectivity index (χ0) is 17.3. The van der Waals surface area contributed by atoms with Gasteiger partial charge in [-0.15, -0.1) is 0 Å². The van der Waals surface area contributed by atoms with Gasteiger partial charge >= 0.3 is 5.97 Å². The molecule has 0 radical (unpaired) electrons. The molecule has 3 heteroatoms. The fraction of sp³-hybridized carbons (Fsp3) is 0.632. The minimum Gasteiger partial charge on any atom is -0.508 e. The molecule has 1 aromatic carbocycles. The summed E-state index contributed by atoms with van der Waals surface area (Å²) in [6, 6.07) is 4.87. The highest BCUT2D eigenvalue weighted by Gasteiger charge is 2.47. The van der Waals surface area contributed by atoms with E-state index in [-0.39, 0.29) is 22.5 Å². The zero-order valence-corrected chi connectivity index (χ0v) is 15.2. The summed E-state index contributed by atoms with van der Waals surface area (Å²) in [4.78, 5) is 12.9. The molecule has 1 atom stereocenters. The number of phenolic OH excluding ortho intramolecular Hbond substituents is 1. The van der Waals surface area contributed by atoms with Gasteiger partial charge < -0.3 is 9.84 Å². The normalized spacial score (nSPS) is 15.3. The van der Waals surface area contributed by atoms with Crippen LogP contribution in [-0.2, 0) is 4.79 Å². The number of carbonyl (C=O) groups excluding carboxylic acids is 1. The Morgan fingerprint density at radius 1 is 1.09 bits per heavy atom. The lowest BCUT2D eigenvalue weighted by molar-refractivity contribution is -0.154. The molecule has 0 amide bonds. The molecule has 1 unspecified atom stereocenters. The smallest absolute Gasteiger partial charge is 0.317 e. The molecule has 1 rings (SSSR count). The Bertz CT molecular complexity index is 547. The number of carbonyl (C=O) groups is 1. The van der Waals surface area contributed by atoms with E-state index in [4.69, 9.17) is 4.74 Å². The van der Waals surface area contributed by atoms with Crippen molar-refractivity contribution >= 4 is 5.97 Å². The summed E-state index contributed by atoms with van der Waals surface area (Å²) in [5.41, 5.74) is -0.106. The van der Waals surface area contributed by atoms with Gasteiger partial charge in [0.1, 0.15) is 11.5 Å². The molecule has 22 heavy (non-hydrogen) atoms. The number of esters is 1. The van der Waals surface area contributed by atoms with E-state index in [2.05, 4.69) is 41.5 Å². The van der Waals surface area contributed by atoms with Gasteiger partial charge in [0.25, 0.3) is 0 Å². The average molecular weight is 306 g/mol. The van der Waals surface area contributed by atoms with Gasteiger partial charge in [0, 0.05) is 0 Å². The second kappa shape index (κ2) is 5.94. The van der Waals surface area contributed by atoms with Crippen molar-refractivity contribution < 1.29 is 14.6 Å². The van der Waals surface area contributed by atoms with Crippen molar-refractivity contribution in [3.05, 3.63) is 23.8 Å². The number of hydrogen-bond acceptors (Lipinski definition) is 3. The monoisotopic (exact) mass is 306 g/mol. The summed E-state index contributed by atoms with van der Waals surface area (Å²) in [5.74, 6) is 0.456. The third-order valence-corrected chi connectivity index (χ3v) is 4.37. The van der Waals surface area contributed by atoms with E-state index in [9.17, 15) is 9.90 Å². The number of hydrogen-bond donors (Lipinski definition) is 1. The average Bonchev–Trinajstić information content (AvgIpc) is 2.30. The van der Waals surface area contributed by atoms with Crippen molar-refractivity contribution in [1.82, 2.24) is 0 Å². The van der Waals surface area contributed by atoms with E-state index in [1.54, 1.807) is 25.1 Å². The summed E-state index contributed by atoms with van der Waals surface area (Å²) < 4.78 is 5.64. The fourth-order valence-corrected chi connectivity index (χ4v) is 2.62. The molecule has 0 aromatic heterocycles. The molecule has 0 aliphatic rings. The Hall–Kier alpha value is -1.51. The van der Waals surface area contributed by atoms with Crippen molar-refractivity contribution in [2.45, 2.75) is 61.8 Å². The SMILES string of the molecule is Cc1cc(OC(=O)C(C)(CC(C)(C)C)C(C)(C)C)ccc1O. The van der Waals surface area contributed by atoms with Crippen molar-refractivity contribution in [3.63, 3.8) is 0 Å². The van der Waals surface area contributed by atoms with Crippen LogP contribution in [0.3, 0.4) is 0 Å². The first-order valence-corrected chi connectivity index (χ1v) is 7.78. The molecule has 124 valence electrons. The van der Waals surface area contributed by atoms with Gasteiger partial charge in [-0.05, 0) is 54.9 Å². The highest BCUT2D eigenvalue weighted by Crippen LogP contribution is 2.47. The maximum absolute atomic E-state index is 12.9. The first kappa shape index (κ1) is 18.5. The highest BCUT2D eigenvalue weighted by molar-refractivity contribution is 5.80. The third-order valence-electron chi connectivity index (χ3n) is 4.37. The number of benzene rings is 1. The number of aryl methyl sites for hydroxylation is 1. The van der Waals surface area contributed by atoms with Gasteiger partial charge in [-0.1, -0.05) is 41.5 Å². The topological polar surface area (TPSA) is 46.5 Å². The maximum atomic E-state index is 12.9. The fourth-order valence-electron chi connectivity index (χ4n) is 2.62. The molecule has 0 heterocycles. The van der Waals surface area contributed by atoms with E-state index in [1.807, 2.05) is 6.92 Å².